The molecular formula is C50H88O7Si3. The largest absolute Gasteiger partial charge is 0.463 e. The second-order valence-electron chi connectivity index (χ2n) is 21.2. The molecule has 0 spiro atoms. The Hall–Kier alpha value is -2.16. The third-order valence-corrected chi connectivity index (χ3v) is 22.7. The number of aliphatic hydroxyl groups is 1. The molecule has 0 saturated heterocycles. The molecule has 7 nitrogen and oxygen atoms in total. The van der Waals surface area contributed by atoms with E-state index < -0.39 is 30.8 Å². The molecule has 0 unspecified atom stereocenters. The SMILES string of the molecule is CO[C@@H](C[C@@H](COCc1ccccc1)O[Si](C)(C)C(C)(C)C)[C@H](CC/C=C(C)/C=C/[C@@H](O)[C@H](C)/C=C(C)/C=C(C)/C=C(\C)C(=O)OCC[Si](C)(C)C)O[Si](C)(C)C(C)(C)C. The summed E-state index contributed by atoms with van der Waals surface area (Å²) in [5.41, 5.74) is 4.80. The quantitative estimate of drug-likeness (QED) is 0.0453. The molecule has 1 N–H and O–H groups in total. The summed E-state index contributed by atoms with van der Waals surface area (Å²) in [4.78, 5) is 12.5. The number of benzene rings is 1. The van der Waals surface area contributed by atoms with Crippen molar-refractivity contribution in [2.75, 3.05) is 20.3 Å². The average Bonchev–Trinajstić information content (AvgIpc) is 3.10. The van der Waals surface area contributed by atoms with E-state index in [0.717, 1.165) is 41.2 Å². The van der Waals surface area contributed by atoms with Crippen LogP contribution in [0.4, 0.5) is 0 Å². The molecule has 60 heavy (non-hydrogen) atoms. The zero-order valence-electron chi connectivity index (χ0n) is 41.6. The van der Waals surface area contributed by atoms with Gasteiger partial charge in [-0.05, 0) is 94.5 Å². The van der Waals surface area contributed by atoms with E-state index in [2.05, 4.69) is 119 Å². The van der Waals surface area contributed by atoms with Crippen LogP contribution in [-0.4, -0.2) is 80.5 Å². The normalized spacial score (nSPS) is 17.1. The first-order valence-corrected chi connectivity index (χ1v) is 31.8. The fraction of sp³-hybridized carbons (Fsp3) is 0.660. The third kappa shape index (κ3) is 21.8. The first kappa shape index (κ1) is 55.9. The van der Waals surface area contributed by atoms with Crippen LogP contribution in [0.3, 0.4) is 0 Å². The summed E-state index contributed by atoms with van der Waals surface area (Å²) in [7, 11) is -3.74. The highest BCUT2D eigenvalue weighted by molar-refractivity contribution is 6.76. The molecule has 1 rings (SSSR count). The van der Waals surface area contributed by atoms with E-state index in [4.69, 9.17) is 23.1 Å². The Morgan fingerprint density at radius 3 is 1.93 bits per heavy atom. The fourth-order valence-electron chi connectivity index (χ4n) is 6.06. The van der Waals surface area contributed by atoms with Gasteiger partial charge in [-0.25, -0.2) is 4.79 Å². The van der Waals surface area contributed by atoms with Gasteiger partial charge in [-0.3, -0.25) is 0 Å². The van der Waals surface area contributed by atoms with Crippen LogP contribution in [0.1, 0.15) is 101 Å². The molecule has 0 fully saturated rings. The van der Waals surface area contributed by atoms with Gasteiger partial charge in [0, 0.05) is 33.1 Å². The maximum Gasteiger partial charge on any atom is 0.333 e. The summed E-state index contributed by atoms with van der Waals surface area (Å²) >= 11 is 0. The van der Waals surface area contributed by atoms with Gasteiger partial charge in [-0.1, -0.05) is 146 Å². The van der Waals surface area contributed by atoms with E-state index in [0.29, 0.717) is 31.8 Å². The highest BCUT2D eigenvalue weighted by Gasteiger charge is 2.43. The van der Waals surface area contributed by atoms with Gasteiger partial charge in [-0.15, -0.1) is 0 Å². The lowest BCUT2D eigenvalue weighted by Crippen LogP contribution is -2.50. The molecule has 0 aromatic heterocycles. The number of carbonyl (C=O) groups excluding carboxylic acids is 1. The summed E-state index contributed by atoms with van der Waals surface area (Å²) in [5, 5.41) is 11.2. The van der Waals surface area contributed by atoms with Crippen molar-refractivity contribution in [2.24, 2.45) is 5.92 Å². The highest BCUT2D eigenvalue weighted by Crippen LogP contribution is 2.40. The van der Waals surface area contributed by atoms with Crippen molar-refractivity contribution in [1.82, 2.24) is 0 Å². The minimum atomic E-state index is -2.16. The third-order valence-electron chi connectivity index (χ3n) is 12.0. The number of rotatable bonds is 25. The number of carbonyl (C=O) groups is 1. The maximum absolute atomic E-state index is 12.5. The van der Waals surface area contributed by atoms with Gasteiger partial charge in [0.1, 0.15) is 0 Å². The van der Waals surface area contributed by atoms with Gasteiger partial charge < -0.3 is 28.2 Å². The van der Waals surface area contributed by atoms with E-state index in [1.165, 1.54) is 0 Å². The molecule has 0 heterocycles. The number of ether oxygens (including phenoxy) is 3. The fourth-order valence-corrected chi connectivity index (χ4v) is 9.50. The molecule has 1 aromatic rings. The summed E-state index contributed by atoms with van der Waals surface area (Å²) in [5.74, 6) is -0.365. The summed E-state index contributed by atoms with van der Waals surface area (Å²) in [6.45, 7) is 41.1. The predicted octanol–water partition coefficient (Wildman–Crippen LogP) is 13.4. The van der Waals surface area contributed by atoms with Crippen molar-refractivity contribution in [3.63, 3.8) is 0 Å². The number of methoxy groups -OCH3 is 1. The van der Waals surface area contributed by atoms with Gasteiger partial charge in [0.05, 0.1) is 44.2 Å². The van der Waals surface area contributed by atoms with Gasteiger partial charge >= 0.3 is 5.97 Å². The minimum Gasteiger partial charge on any atom is -0.463 e. The molecule has 0 amide bonds. The molecular weight excluding hydrogens is 797 g/mol. The summed E-state index contributed by atoms with van der Waals surface area (Å²) in [6, 6.07) is 11.2. The Morgan fingerprint density at radius 1 is 0.800 bits per heavy atom. The molecule has 0 bridgehead atoms. The zero-order chi connectivity index (χ0) is 46.1. The van der Waals surface area contributed by atoms with Gasteiger partial charge in [-0.2, -0.15) is 0 Å². The van der Waals surface area contributed by atoms with Crippen molar-refractivity contribution in [1.29, 1.82) is 0 Å². The number of hydrogen-bond acceptors (Lipinski definition) is 7. The molecule has 342 valence electrons. The Balaban J connectivity index is 3.15. The molecule has 0 aliphatic heterocycles. The average molecular weight is 886 g/mol. The number of allylic oxidation sites excluding steroid dienone is 7. The van der Waals surface area contributed by atoms with Crippen LogP contribution in [0.25, 0.3) is 0 Å². The molecule has 0 radical (unpaired) electrons. The van der Waals surface area contributed by atoms with Crippen LogP contribution in [0.2, 0.25) is 61.9 Å². The van der Waals surface area contributed by atoms with Crippen LogP contribution >= 0.6 is 0 Å². The predicted molar refractivity (Wildman–Crippen MR) is 263 cm³/mol. The highest BCUT2D eigenvalue weighted by atomic mass is 28.4. The smallest absolute Gasteiger partial charge is 0.333 e. The first-order valence-electron chi connectivity index (χ1n) is 22.2. The van der Waals surface area contributed by atoms with Crippen LogP contribution in [0.15, 0.2) is 89.1 Å². The Labute approximate surface area is 371 Å². The van der Waals surface area contributed by atoms with Crippen molar-refractivity contribution in [3.05, 3.63) is 94.6 Å². The van der Waals surface area contributed by atoms with Crippen molar-refractivity contribution in [2.45, 2.75) is 188 Å². The van der Waals surface area contributed by atoms with Crippen LogP contribution < -0.4 is 0 Å². The Bertz CT molecular complexity index is 1590. The van der Waals surface area contributed by atoms with Crippen LogP contribution in [-0.2, 0) is 34.5 Å². The monoisotopic (exact) mass is 885 g/mol. The molecule has 1 aromatic carbocycles. The first-order chi connectivity index (χ1) is 27.5. The van der Waals surface area contributed by atoms with Gasteiger partial charge in [0.15, 0.2) is 16.6 Å². The molecule has 0 aliphatic rings. The number of esters is 1. The molecule has 10 heteroatoms. The van der Waals surface area contributed by atoms with Gasteiger partial charge in [0.2, 0.25) is 0 Å². The lowest BCUT2D eigenvalue weighted by Gasteiger charge is -2.43. The minimum absolute atomic E-state index is 0.0401. The molecule has 0 saturated carbocycles. The van der Waals surface area contributed by atoms with E-state index in [-0.39, 0.29) is 40.3 Å². The second-order valence-corrected chi connectivity index (χ2v) is 36.4. The van der Waals surface area contributed by atoms with E-state index in [1.807, 2.05) is 63.3 Å². The maximum atomic E-state index is 12.5. The Morgan fingerprint density at radius 2 is 1.38 bits per heavy atom. The van der Waals surface area contributed by atoms with Crippen LogP contribution in [0, 0.1) is 5.92 Å². The molecule has 5 atom stereocenters. The second kappa shape index (κ2) is 25.2. The van der Waals surface area contributed by atoms with E-state index in [9.17, 15) is 9.90 Å². The van der Waals surface area contributed by atoms with E-state index in [1.54, 1.807) is 14.0 Å². The topological polar surface area (TPSA) is 83.5 Å². The lowest BCUT2D eigenvalue weighted by atomic mass is 9.99. The number of aliphatic hydroxyl groups excluding tert-OH is 1. The standard InChI is InChI=1S/C50H88O7Si3/c1-38(28-29-45(51)41(4)33-39(2)32-40(3)34-42(5)48(52)55-30-31-58(13,14)15)24-23-27-46(57-60(18,19)50(9,10)11)47(53-12)35-44(56-59(16,17)49(6,7)8)37-54-36-43-25-21-20-22-26-43/h20-22,24-26,28-29,32-34,41,44-47,51H,23,27,30-31,35-37H2,1-19H3/b29-28+,38-24+,39-33+,40-32+,42-34+/t41-,44+,45-,46+,47+/m1/s1. The van der Waals surface area contributed by atoms with Crippen molar-refractivity contribution in [3.8, 4) is 0 Å². The van der Waals surface area contributed by atoms with Gasteiger partial charge in [0.25, 0.3) is 0 Å². The lowest BCUT2D eigenvalue weighted by molar-refractivity contribution is -0.138. The molecule has 0 aliphatic carbocycles. The Kier molecular flexibility index (Phi) is 23.5. The van der Waals surface area contributed by atoms with E-state index >= 15 is 0 Å². The number of hydrogen-bond donors (Lipinski definition) is 1. The summed E-state index contributed by atoms with van der Waals surface area (Å²) < 4.78 is 32.3. The van der Waals surface area contributed by atoms with Crippen molar-refractivity contribution >= 4 is 30.7 Å². The summed E-state index contributed by atoms with van der Waals surface area (Å²) in [6.07, 6.45) is 13.3. The zero-order valence-corrected chi connectivity index (χ0v) is 44.6. The van der Waals surface area contributed by atoms with Crippen molar-refractivity contribution < 1.29 is 33.0 Å². The van der Waals surface area contributed by atoms with Crippen LogP contribution in [0.5, 0.6) is 0 Å².